The number of aryl methyl sites for hydroxylation is 2. The van der Waals surface area contributed by atoms with Gasteiger partial charge in [0.05, 0.1) is 6.04 Å². The summed E-state index contributed by atoms with van der Waals surface area (Å²) in [6.45, 7) is 6.01. The summed E-state index contributed by atoms with van der Waals surface area (Å²) in [5.41, 5.74) is 2.14. The van der Waals surface area contributed by atoms with Crippen LogP contribution < -0.4 is 5.32 Å². The van der Waals surface area contributed by atoms with Crippen LogP contribution in [0.4, 0.5) is 5.69 Å². The predicted octanol–water partition coefficient (Wildman–Crippen LogP) is 3.78. The zero-order valence-corrected chi connectivity index (χ0v) is 10.3. The molecule has 2 N–H and O–H groups in total. The molecule has 1 aromatic heterocycles. The molecule has 2 aromatic rings. The van der Waals surface area contributed by atoms with Crippen LogP contribution in [0.3, 0.4) is 0 Å². The number of aromatic hydroxyl groups is 1. The molecule has 1 atom stereocenters. The van der Waals surface area contributed by atoms with Gasteiger partial charge in [0.2, 0.25) is 0 Å². The van der Waals surface area contributed by atoms with Crippen LogP contribution in [0.15, 0.2) is 34.7 Å². The van der Waals surface area contributed by atoms with Gasteiger partial charge in [-0.05, 0) is 51.1 Å². The van der Waals surface area contributed by atoms with Gasteiger partial charge in [-0.25, -0.2) is 0 Å². The molecule has 0 saturated carbocycles. The molecule has 90 valence electrons. The summed E-state index contributed by atoms with van der Waals surface area (Å²) < 4.78 is 5.51. The van der Waals surface area contributed by atoms with E-state index in [2.05, 4.69) is 12.2 Å². The second-order valence-corrected chi connectivity index (χ2v) is 4.28. The van der Waals surface area contributed by atoms with Gasteiger partial charge in [0, 0.05) is 11.3 Å². The number of nitrogens with one attached hydrogen (secondary N) is 1. The van der Waals surface area contributed by atoms with Crippen molar-refractivity contribution in [3.8, 4) is 5.75 Å². The zero-order chi connectivity index (χ0) is 12.4. The lowest BCUT2D eigenvalue weighted by Crippen LogP contribution is -2.06. The predicted molar refractivity (Wildman–Crippen MR) is 68.3 cm³/mol. The number of phenols is 1. The molecule has 1 heterocycles. The maximum Gasteiger partial charge on any atom is 0.115 e. The Morgan fingerprint density at radius 3 is 2.35 bits per heavy atom. The number of rotatable bonds is 3. The normalized spacial score (nSPS) is 12.4. The molecule has 3 heteroatoms. The maximum absolute atomic E-state index is 9.21. The van der Waals surface area contributed by atoms with Gasteiger partial charge in [-0.15, -0.1) is 0 Å². The highest BCUT2D eigenvalue weighted by Gasteiger charge is 2.12. The molecule has 0 aliphatic heterocycles. The quantitative estimate of drug-likeness (QED) is 0.790. The second kappa shape index (κ2) is 4.53. The van der Waals surface area contributed by atoms with Crippen molar-refractivity contribution in [2.24, 2.45) is 0 Å². The molecule has 3 nitrogen and oxygen atoms in total. The Bertz CT molecular complexity index is 499. The third-order valence-electron chi connectivity index (χ3n) is 2.80. The molecule has 0 bridgehead atoms. The molecule has 2 rings (SSSR count). The number of anilines is 1. The van der Waals surface area contributed by atoms with Crippen molar-refractivity contribution in [2.75, 3.05) is 5.32 Å². The summed E-state index contributed by atoms with van der Waals surface area (Å²) >= 11 is 0. The van der Waals surface area contributed by atoms with Gasteiger partial charge in [-0.1, -0.05) is 0 Å². The first kappa shape index (κ1) is 11.6. The molecule has 0 aliphatic carbocycles. The van der Waals surface area contributed by atoms with Gasteiger partial charge in [-0.2, -0.15) is 0 Å². The Morgan fingerprint density at radius 2 is 1.82 bits per heavy atom. The Morgan fingerprint density at radius 1 is 1.18 bits per heavy atom. The van der Waals surface area contributed by atoms with Crippen molar-refractivity contribution >= 4 is 5.69 Å². The van der Waals surface area contributed by atoms with Crippen molar-refractivity contribution in [1.82, 2.24) is 0 Å². The molecule has 0 spiro atoms. The van der Waals surface area contributed by atoms with Gasteiger partial charge in [-0.3, -0.25) is 0 Å². The Labute approximate surface area is 101 Å². The van der Waals surface area contributed by atoms with Gasteiger partial charge in [0.15, 0.2) is 0 Å². The molecule has 1 aromatic carbocycles. The average Bonchev–Trinajstić information content (AvgIpc) is 2.61. The second-order valence-electron chi connectivity index (χ2n) is 4.28. The minimum Gasteiger partial charge on any atom is -0.508 e. The van der Waals surface area contributed by atoms with E-state index in [1.807, 2.05) is 32.0 Å². The van der Waals surface area contributed by atoms with Crippen LogP contribution >= 0.6 is 0 Å². The first-order chi connectivity index (χ1) is 8.06. The molecule has 0 aliphatic rings. The van der Waals surface area contributed by atoms with E-state index >= 15 is 0 Å². The number of furan rings is 1. The van der Waals surface area contributed by atoms with Crippen molar-refractivity contribution in [3.63, 3.8) is 0 Å². The number of hydrogen-bond donors (Lipinski definition) is 2. The molecule has 17 heavy (non-hydrogen) atoms. The fourth-order valence-electron chi connectivity index (χ4n) is 1.97. The SMILES string of the molecule is Cc1cc(C(C)Nc2ccc(O)cc2)c(C)o1. The number of hydrogen-bond acceptors (Lipinski definition) is 3. The molecule has 0 saturated heterocycles. The van der Waals surface area contributed by atoms with Gasteiger partial charge in [0.1, 0.15) is 17.3 Å². The lowest BCUT2D eigenvalue weighted by atomic mass is 10.1. The fraction of sp³-hybridized carbons (Fsp3) is 0.286. The third kappa shape index (κ3) is 2.61. The first-order valence-corrected chi connectivity index (χ1v) is 5.69. The van der Waals surface area contributed by atoms with Crippen LogP contribution in [-0.2, 0) is 0 Å². The standard InChI is InChI=1S/C14H17NO2/c1-9-8-14(11(3)17-9)10(2)15-12-4-6-13(16)7-5-12/h4-8,10,15-16H,1-3H3. The largest absolute Gasteiger partial charge is 0.508 e. The highest BCUT2D eigenvalue weighted by molar-refractivity contribution is 5.48. The molecular weight excluding hydrogens is 214 g/mol. The highest BCUT2D eigenvalue weighted by Crippen LogP contribution is 2.25. The van der Waals surface area contributed by atoms with Crippen LogP contribution in [0.1, 0.15) is 30.0 Å². The van der Waals surface area contributed by atoms with E-state index in [1.165, 1.54) is 0 Å². The Balaban J connectivity index is 2.14. The minimum atomic E-state index is 0.178. The molecule has 0 radical (unpaired) electrons. The van der Waals surface area contributed by atoms with Crippen LogP contribution in [0, 0.1) is 13.8 Å². The van der Waals surface area contributed by atoms with Crippen LogP contribution in [0.2, 0.25) is 0 Å². The number of benzene rings is 1. The van der Waals surface area contributed by atoms with E-state index in [1.54, 1.807) is 12.1 Å². The smallest absolute Gasteiger partial charge is 0.115 e. The van der Waals surface area contributed by atoms with Crippen molar-refractivity contribution in [1.29, 1.82) is 0 Å². The molecular formula is C14H17NO2. The van der Waals surface area contributed by atoms with E-state index < -0.39 is 0 Å². The summed E-state index contributed by atoms with van der Waals surface area (Å²) in [4.78, 5) is 0. The van der Waals surface area contributed by atoms with E-state index in [0.717, 1.165) is 22.8 Å². The van der Waals surface area contributed by atoms with E-state index in [9.17, 15) is 5.11 Å². The fourth-order valence-corrected chi connectivity index (χ4v) is 1.97. The summed E-state index contributed by atoms with van der Waals surface area (Å²) in [6, 6.07) is 9.28. The molecule has 0 fully saturated rings. The zero-order valence-electron chi connectivity index (χ0n) is 10.3. The van der Waals surface area contributed by atoms with Crippen molar-refractivity contribution < 1.29 is 9.52 Å². The van der Waals surface area contributed by atoms with Crippen LogP contribution in [0.5, 0.6) is 5.75 Å². The Kier molecular flexibility index (Phi) is 3.09. The van der Waals surface area contributed by atoms with E-state index in [0.29, 0.717) is 0 Å². The molecule has 1 unspecified atom stereocenters. The lowest BCUT2D eigenvalue weighted by Gasteiger charge is -2.14. The summed E-state index contributed by atoms with van der Waals surface area (Å²) in [7, 11) is 0. The van der Waals surface area contributed by atoms with Gasteiger partial charge < -0.3 is 14.8 Å². The maximum atomic E-state index is 9.21. The van der Waals surface area contributed by atoms with Crippen LogP contribution in [0.25, 0.3) is 0 Å². The summed E-state index contributed by atoms with van der Waals surface area (Å²) in [6.07, 6.45) is 0. The Hall–Kier alpha value is -1.90. The first-order valence-electron chi connectivity index (χ1n) is 5.69. The van der Waals surface area contributed by atoms with Gasteiger partial charge >= 0.3 is 0 Å². The topological polar surface area (TPSA) is 45.4 Å². The van der Waals surface area contributed by atoms with Gasteiger partial charge in [0.25, 0.3) is 0 Å². The monoisotopic (exact) mass is 231 g/mol. The average molecular weight is 231 g/mol. The van der Waals surface area contributed by atoms with Crippen molar-refractivity contribution in [2.45, 2.75) is 26.8 Å². The number of phenolic OH excluding ortho intramolecular Hbond substituents is 1. The minimum absolute atomic E-state index is 0.178. The molecule has 0 amide bonds. The third-order valence-corrected chi connectivity index (χ3v) is 2.80. The van der Waals surface area contributed by atoms with Crippen LogP contribution in [-0.4, -0.2) is 5.11 Å². The summed E-state index contributed by atoms with van der Waals surface area (Å²) in [5, 5.41) is 12.6. The lowest BCUT2D eigenvalue weighted by molar-refractivity contribution is 0.475. The van der Waals surface area contributed by atoms with Crippen molar-refractivity contribution in [3.05, 3.63) is 47.4 Å². The summed E-state index contributed by atoms with van der Waals surface area (Å²) in [5.74, 6) is 2.15. The highest BCUT2D eigenvalue weighted by atomic mass is 16.3. The van der Waals surface area contributed by atoms with E-state index in [4.69, 9.17) is 4.42 Å². The van der Waals surface area contributed by atoms with E-state index in [-0.39, 0.29) is 11.8 Å².